The summed E-state index contributed by atoms with van der Waals surface area (Å²) in [4.78, 5) is 0. The fourth-order valence-corrected chi connectivity index (χ4v) is 19.6. The van der Waals surface area contributed by atoms with Crippen molar-refractivity contribution in [3.63, 3.8) is 0 Å². The zero-order chi connectivity index (χ0) is 27.1. The molecule has 9 saturated carbocycles. The molecule has 9 aliphatic carbocycles. The van der Waals surface area contributed by atoms with Crippen molar-refractivity contribution in [2.45, 2.75) is 133 Å². The zero-order valence-corrected chi connectivity index (χ0v) is 26.6. The Balaban J connectivity index is 1.23. The van der Waals surface area contributed by atoms with Gasteiger partial charge >= 0.3 is 0 Å². The van der Waals surface area contributed by atoms with Crippen LogP contribution < -0.4 is 5.73 Å². The van der Waals surface area contributed by atoms with Crippen molar-refractivity contribution in [1.29, 1.82) is 0 Å². The first-order chi connectivity index (χ1) is 17.7. The van der Waals surface area contributed by atoms with Crippen molar-refractivity contribution in [2.24, 2.45) is 102 Å². The third kappa shape index (κ3) is 1.54. The van der Waals surface area contributed by atoms with Gasteiger partial charge in [0.1, 0.15) is 0 Å². The van der Waals surface area contributed by atoms with Crippen LogP contribution in [0.1, 0.15) is 127 Å². The first-order valence-electron chi connectivity index (χ1n) is 17.4. The van der Waals surface area contributed by atoms with Gasteiger partial charge in [-0.15, -0.1) is 0 Å². The van der Waals surface area contributed by atoms with Gasteiger partial charge in [-0.05, 0) is 161 Å². The topological polar surface area (TPSA) is 26.0 Å². The molecule has 0 aliphatic heterocycles. The predicted octanol–water partition coefficient (Wildman–Crippen LogP) is 8.95. The Kier molecular flexibility index (Phi) is 3.82. The second kappa shape index (κ2) is 5.91. The van der Waals surface area contributed by atoms with Crippen molar-refractivity contribution in [2.75, 3.05) is 0 Å². The molecule has 0 saturated heterocycles. The van der Waals surface area contributed by atoms with Gasteiger partial charge in [-0.2, -0.15) is 0 Å². The summed E-state index contributed by atoms with van der Waals surface area (Å²) in [5.41, 5.74) is 12.3. The van der Waals surface area contributed by atoms with Gasteiger partial charge in [-0.1, -0.05) is 62.3 Å². The zero-order valence-electron chi connectivity index (χ0n) is 26.6. The Hall–Kier alpha value is -0.0400. The summed E-state index contributed by atoms with van der Waals surface area (Å²) in [5, 5.41) is 0. The van der Waals surface area contributed by atoms with Crippen LogP contribution in [0.25, 0.3) is 0 Å². The molecule has 38 heavy (non-hydrogen) atoms. The van der Waals surface area contributed by atoms with E-state index in [1.165, 1.54) is 19.3 Å². The van der Waals surface area contributed by atoms with E-state index >= 15 is 0 Å². The van der Waals surface area contributed by atoms with E-state index < -0.39 is 0 Å². The van der Waals surface area contributed by atoms with Crippen LogP contribution in [0.3, 0.4) is 0 Å². The van der Waals surface area contributed by atoms with Crippen LogP contribution in [0, 0.1) is 96.6 Å². The summed E-state index contributed by atoms with van der Waals surface area (Å²) in [7, 11) is 0. The molecule has 0 amide bonds. The van der Waals surface area contributed by atoms with Crippen molar-refractivity contribution in [3.8, 4) is 0 Å². The molecule has 0 bridgehead atoms. The third-order valence-electron chi connectivity index (χ3n) is 20.1. The molecule has 9 fully saturated rings. The number of hydrogen-bond acceptors (Lipinski definition) is 1. The van der Waals surface area contributed by atoms with Gasteiger partial charge in [0, 0.05) is 5.54 Å². The van der Waals surface area contributed by atoms with Gasteiger partial charge in [0.25, 0.3) is 0 Å². The van der Waals surface area contributed by atoms with Crippen LogP contribution in [0.2, 0.25) is 0 Å². The quantitative estimate of drug-likeness (QED) is 0.341. The molecule has 0 aromatic rings. The average Bonchev–Trinajstić information content (AvgIpc) is 3.52. The molecule has 0 heterocycles. The second-order valence-electron chi connectivity index (χ2n) is 19.2. The Morgan fingerprint density at radius 3 is 0.868 bits per heavy atom. The molecule has 18 atom stereocenters. The van der Waals surface area contributed by atoms with Gasteiger partial charge in [0.15, 0.2) is 0 Å². The summed E-state index contributed by atoms with van der Waals surface area (Å²) in [6.07, 6.45) is 13.8. The molecule has 2 N–H and O–H groups in total. The molecule has 8 spiro atoms. The Morgan fingerprint density at radius 2 is 0.605 bits per heavy atom. The minimum atomic E-state index is 0.0207. The molecule has 9 aliphatic rings. The molecule has 1 nitrogen and oxygen atoms in total. The molecule has 18 unspecified atom stereocenters. The van der Waals surface area contributed by atoms with Crippen molar-refractivity contribution in [1.82, 2.24) is 0 Å². The van der Waals surface area contributed by atoms with Crippen LogP contribution in [0.4, 0.5) is 0 Å². The Morgan fingerprint density at radius 1 is 0.342 bits per heavy atom. The molecule has 1 heteroatoms. The maximum absolute atomic E-state index is 7.48. The van der Waals surface area contributed by atoms with Gasteiger partial charge < -0.3 is 5.73 Å². The highest BCUT2D eigenvalue weighted by Crippen LogP contribution is 3.06. The van der Waals surface area contributed by atoms with E-state index in [0.717, 1.165) is 52.8 Å². The van der Waals surface area contributed by atoms with E-state index in [1.807, 2.05) is 0 Å². The minimum absolute atomic E-state index is 0.0207. The summed E-state index contributed by atoms with van der Waals surface area (Å²) >= 11 is 0. The highest BCUT2D eigenvalue weighted by atomic mass is 15.1. The fraction of sp³-hybridized carbons (Fsp3) is 1.00. The summed E-state index contributed by atoms with van der Waals surface area (Å²) in [6, 6.07) is 0. The summed E-state index contributed by atoms with van der Waals surface area (Å²) < 4.78 is 0. The van der Waals surface area contributed by atoms with Crippen LogP contribution in [0.15, 0.2) is 0 Å². The first-order valence-corrected chi connectivity index (χ1v) is 17.4. The van der Waals surface area contributed by atoms with Crippen LogP contribution in [-0.4, -0.2) is 5.54 Å². The Bertz CT molecular complexity index is 1130. The standard InChI is InChI=1S/C37H59N/c1-20-13-31(29(20,10)38)23(4)15-33(31)25(6)17-35(33)27(8)19-37(35)28(9)18-36(37)26(7)16-34(36)24(5)14-32(34)22(3)12-30(32)11-21(30)2/h20-28H,11-19,38H2,1-10H3. The van der Waals surface area contributed by atoms with E-state index in [1.54, 1.807) is 38.5 Å². The van der Waals surface area contributed by atoms with E-state index in [9.17, 15) is 0 Å². The van der Waals surface area contributed by atoms with Crippen LogP contribution in [-0.2, 0) is 0 Å². The van der Waals surface area contributed by atoms with Gasteiger partial charge in [0.05, 0.1) is 0 Å². The lowest BCUT2D eigenvalue weighted by Crippen LogP contribution is -2.98. The van der Waals surface area contributed by atoms with E-state index in [4.69, 9.17) is 5.73 Å². The first kappa shape index (κ1) is 24.5. The van der Waals surface area contributed by atoms with E-state index in [2.05, 4.69) is 69.2 Å². The highest BCUT2D eigenvalue weighted by Gasteiger charge is 3.01. The lowest BCUT2D eigenvalue weighted by atomic mass is 9.02. The predicted molar refractivity (Wildman–Crippen MR) is 156 cm³/mol. The molecular formula is C37H59N. The Labute approximate surface area is 234 Å². The van der Waals surface area contributed by atoms with Gasteiger partial charge in [-0.25, -0.2) is 0 Å². The van der Waals surface area contributed by atoms with Crippen molar-refractivity contribution < 1.29 is 0 Å². The maximum atomic E-state index is 7.48. The van der Waals surface area contributed by atoms with Gasteiger partial charge in [0.2, 0.25) is 0 Å². The van der Waals surface area contributed by atoms with Crippen LogP contribution >= 0.6 is 0 Å². The lowest BCUT2D eigenvalue weighted by molar-refractivity contribution is -0.543. The number of fused-ring (bicyclic) bond motifs is 7. The van der Waals surface area contributed by atoms with Crippen LogP contribution in [0.5, 0.6) is 0 Å². The normalized spacial score (nSPS) is 77.6. The average molecular weight is 518 g/mol. The molecule has 0 radical (unpaired) electrons. The third-order valence-corrected chi connectivity index (χ3v) is 20.1. The number of nitrogens with two attached hydrogens (primary N) is 1. The van der Waals surface area contributed by atoms with Crippen molar-refractivity contribution >= 4 is 0 Å². The smallest absolute Gasteiger partial charge is 0.0217 e. The van der Waals surface area contributed by atoms with E-state index in [-0.39, 0.29) is 5.54 Å². The van der Waals surface area contributed by atoms with Crippen molar-refractivity contribution in [3.05, 3.63) is 0 Å². The van der Waals surface area contributed by atoms with E-state index in [0.29, 0.717) is 43.8 Å². The largest absolute Gasteiger partial charge is 0.325 e. The second-order valence-corrected chi connectivity index (χ2v) is 19.2. The molecule has 0 aromatic heterocycles. The van der Waals surface area contributed by atoms with Gasteiger partial charge in [-0.3, -0.25) is 0 Å². The maximum Gasteiger partial charge on any atom is 0.0217 e. The molecule has 9 rings (SSSR count). The highest BCUT2D eigenvalue weighted by molar-refractivity contribution is 5.48. The number of hydrogen-bond donors (Lipinski definition) is 1. The SMILES string of the molecule is CC1CC2(C(C)CC23C(C)CC32C(C)CC23C(C)CC32C(C)CC23C(C)CC32C(C)CC23CC3C)C1(C)N. The molecular weight excluding hydrogens is 458 g/mol. The monoisotopic (exact) mass is 517 g/mol. The number of rotatable bonds is 0. The molecule has 0 aromatic carbocycles. The fourth-order valence-electron chi connectivity index (χ4n) is 19.6. The summed E-state index contributed by atoms with van der Waals surface area (Å²) in [6.45, 7) is 26.6. The molecule has 212 valence electrons. The minimum Gasteiger partial charge on any atom is -0.325 e. The lowest BCUT2D eigenvalue weighted by Gasteiger charge is -3.02. The summed E-state index contributed by atoms with van der Waals surface area (Å²) in [5.74, 6) is 8.05.